The Bertz CT molecular complexity index is 203. The third kappa shape index (κ3) is 6.71. The summed E-state index contributed by atoms with van der Waals surface area (Å²) in [6.07, 6.45) is 1.000. The van der Waals surface area contributed by atoms with Gasteiger partial charge >= 0.3 is 12.2 Å². The number of hydrogen-bond acceptors (Lipinski definition) is 4. The third-order valence-electron chi connectivity index (χ3n) is 0.895. The SMILES string of the molecule is C=CCOC(=O)[N]NC(=O)OCC=C. The molecule has 0 atom stereocenters. The summed E-state index contributed by atoms with van der Waals surface area (Å²) in [6.45, 7) is 6.73. The van der Waals surface area contributed by atoms with Crippen LogP contribution in [0.4, 0.5) is 9.59 Å². The van der Waals surface area contributed by atoms with E-state index < -0.39 is 12.2 Å². The van der Waals surface area contributed by atoms with Crippen LogP contribution in [0.25, 0.3) is 0 Å². The number of nitrogens with one attached hydrogen (secondary N) is 1. The summed E-state index contributed by atoms with van der Waals surface area (Å²) < 4.78 is 8.89. The van der Waals surface area contributed by atoms with E-state index in [1.54, 1.807) is 0 Å². The molecule has 14 heavy (non-hydrogen) atoms. The lowest BCUT2D eigenvalue weighted by Crippen LogP contribution is -2.36. The molecule has 0 aliphatic carbocycles. The van der Waals surface area contributed by atoms with Crippen LogP contribution in [0.1, 0.15) is 0 Å². The predicted octanol–water partition coefficient (Wildman–Crippen LogP) is 0.741. The minimum absolute atomic E-state index is 0.0335. The maximum Gasteiger partial charge on any atom is 0.451 e. The number of nitrogens with zero attached hydrogens (tertiary/aromatic N) is 1. The number of amides is 2. The quantitative estimate of drug-likeness (QED) is 0.535. The van der Waals surface area contributed by atoms with E-state index in [1.165, 1.54) is 12.2 Å². The average Bonchev–Trinajstić information content (AvgIpc) is 2.20. The lowest BCUT2D eigenvalue weighted by molar-refractivity contribution is 0.134. The van der Waals surface area contributed by atoms with Crippen molar-refractivity contribution in [3.05, 3.63) is 25.3 Å². The van der Waals surface area contributed by atoms with Crippen molar-refractivity contribution in [1.29, 1.82) is 0 Å². The van der Waals surface area contributed by atoms with E-state index in [0.717, 1.165) is 0 Å². The Hall–Kier alpha value is -1.98. The largest absolute Gasteiger partial charge is 0.451 e. The fraction of sp³-hybridized carbons (Fsp3) is 0.250. The van der Waals surface area contributed by atoms with Gasteiger partial charge in [0.1, 0.15) is 13.2 Å². The van der Waals surface area contributed by atoms with Crippen molar-refractivity contribution in [3.8, 4) is 0 Å². The van der Waals surface area contributed by atoms with Crippen molar-refractivity contribution in [2.24, 2.45) is 0 Å². The van der Waals surface area contributed by atoms with Crippen LogP contribution in [-0.4, -0.2) is 25.4 Å². The van der Waals surface area contributed by atoms with Gasteiger partial charge in [-0.3, -0.25) is 0 Å². The highest BCUT2D eigenvalue weighted by Gasteiger charge is 2.06. The van der Waals surface area contributed by atoms with E-state index >= 15 is 0 Å². The van der Waals surface area contributed by atoms with Crippen molar-refractivity contribution in [3.63, 3.8) is 0 Å². The lowest BCUT2D eigenvalue weighted by Gasteiger charge is -2.03. The van der Waals surface area contributed by atoms with Gasteiger partial charge in [-0.25, -0.2) is 15.0 Å². The van der Waals surface area contributed by atoms with E-state index in [4.69, 9.17) is 0 Å². The number of rotatable bonds is 4. The Kier molecular flexibility index (Phi) is 6.57. The van der Waals surface area contributed by atoms with Gasteiger partial charge in [-0.1, -0.05) is 30.7 Å². The summed E-state index contributed by atoms with van der Waals surface area (Å²) in [5, 5.41) is 0. The maximum absolute atomic E-state index is 10.7. The summed E-state index contributed by atoms with van der Waals surface area (Å²) >= 11 is 0. The molecule has 0 aliphatic rings. The van der Waals surface area contributed by atoms with Crippen LogP contribution in [0.3, 0.4) is 0 Å². The van der Waals surface area contributed by atoms with Gasteiger partial charge in [0.05, 0.1) is 0 Å². The van der Waals surface area contributed by atoms with Gasteiger partial charge in [-0.05, 0) is 0 Å². The highest BCUT2D eigenvalue weighted by molar-refractivity contribution is 5.73. The molecule has 0 fully saturated rings. The standard InChI is InChI=1S/C8H11N2O4/c1-3-5-13-7(11)9-10-8(12)14-6-4-2/h3-4H,1-2,5-6H2,(H,9,11). The molecule has 0 unspecified atom stereocenters. The molecular weight excluding hydrogens is 188 g/mol. The molecule has 0 spiro atoms. The molecule has 0 rings (SSSR count). The van der Waals surface area contributed by atoms with Gasteiger partial charge < -0.3 is 9.47 Å². The average molecular weight is 199 g/mol. The maximum atomic E-state index is 10.7. The molecule has 1 N–H and O–H groups in total. The molecule has 0 bridgehead atoms. The van der Waals surface area contributed by atoms with Gasteiger partial charge in [-0.15, -0.1) is 0 Å². The molecule has 1 radical (unpaired) electrons. The molecule has 0 aromatic carbocycles. The molecule has 6 nitrogen and oxygen atoms in total. The molecule has 6 heteroatoms. The monoisotopic (exact) mass is 199 g/mol. The Balaban J connectivity index is 3.50. The topological polar surface area (TPSA) is 78.7 Å². The second-order valence-electron chi connectivity index (χ2n) is 1.98. The number of carbonyl (C=O) groups is 2. The molecular formula is C8H11N2O4. The first-order chi connectivity index (χ1) is 6.70. The summed E-state index contributed by atoms with van der Waals surface area (Å²) in [5.74, 6) is 0. The van der Waals surface area contributed by atoms with Crippen molar-refractivity contribution >= 4 is 12.2 Å². The fourth-order valence-electron chi connectivity index (χ4n) is 0.421. The van der Waals surface area contributed by atoms with Crippen molar-refractivity contribution < 1.29 is 19.1 Å². The van der Waals surface area contributed by atoms with Gasteiger partial charge in [-0.2, -0.15) is 0 Å². The highest BCUT2D eigenvalue weighted by Crippen LogP contribution is 1.80. The number of carbonyl (C=O) groups excluding carboxylic acids is 2. The Morgan fingerprint density at radius 2 is 1.79 bits per heavy atom. The van der Waals surface area contributed by atoms with Crippen molar-refractivity contribution in [2.75, 3.05) is 13.2 Å². The number of hydrogen-bond donors (Lipinski definition) is 1. The zero-order chi connectivity index (χ0) is 10.8. The summed E-state index contributed by atoms with van der Waals surface area (Å²) in [4.78, 5) is 21.3. The molecule has 77 valence electrons. The van der Waals surface area contributed by atoms with Crippen LogP contribution in [0, 0.1) is 0 Å². The second-order valence-corrected chi connectivity index (χ2v) is 1.98. The van der Waals surface area contributed by atoms with E-state index in [1.807, 2.05) is 5.43 Å². The normalized spacial score (nSPS) is 8.29. The smallest absolute Gasteiger partial charge is 0.444 e. The van der Waals surface area contributed by atoms with Crippen molar-refractivity contribution in [1.82, 2.24) is 10.9 Å². The first-order valence-electron chi connectivity index (χ1n) is 3.72. The van der Waals surface area contributed by atoms with Crippen LogP contribution in [0.15, 0.2) is 25.3 Å². The molecule has 2 amide bonds. The molecule has 0 heterocycles. The van der Waals surface area contributed by atoms with Gasteiger partial charge in [0.25, 0.3) is 0 Å². The summed E-state index contributed by atoms with van der Waals surface area (Å²) in [6, 6.07) is 0. The van der Waals surface area contributed by atoms with Crippen LogP contribution in [-0.2, 0) is 9.47 Å². The van der Waals surface area contributed by atoms with Gasteiger partial charge in [0.2, 0.25) is 0 Å². The fourth-order valence-corrected chi connectivity index (χ4v) is 0.421. The minimum Gasteiger partial charge on any atom is -0.444 e. The van der Waals surface area contributed by atoms with E-state index in [-0.39, 0.29) is 13.2 Å². The molecule has 0 saturated heterocycles. The molecule has 0 aromatic heterocycles. The summed E-state index contributed by atoms with van der Waals surface area (Å²) in [7, 11) is 0. The number of ether oxygens (including phenoxy) is 2. The minimum atomic E-state index is -0.916. The van der Waals surface area contributed by atoms with E-state index in [2.05, 4.69) is 28.1 Å². The first-order valence-corrected chi connectivity index (χ1v) is 3.72. The van der Waals surface area contributed by atoms with Crippen LogP contribution in [0.2, 0.25) is 0 Å². The predicted molar refractivity (Wildman–Crippen MR) is 48.4 cm³/mol. The highest BCUT2D eigenvalue weighted by atomic mass is 16.6. The van der Waals surface area contributed by atoms with Crippen LogP contribution < -0.4 is 10.9 Å². The Morgan fingerprint density at radius 1 is 1.21 bits per heavy atom. The molecule has 0 saturated carbocycles. The zero-order valence-electron chi connectivity index (χ0n) is 7.56. The van der Waals surface area contributed by atoms with Gasteiger partial charge in [0.15, 0.2) is 0 Å². The third-order valence-corrected chi connectivity index (χ3v) is 0.895. The molecule has 0 aromatic rings. The van der Waals surface area contributed by atoms with Gasteiger partial charge in [0, 0.05) is 0 Å². The Morgan fingerprint density at radius 3 is 2.36 bits per heavy atom. The van der Waals surface area contributed by atoms with Crippen molar-refractivity contribution in [2.45, 2.75) is 0 Å². The first kappa shape index (κ1) is 12.0. The van der Waals surface area contributed by atoms with Crippen LogP contribution >= 0.6 is 0 Å². The van der Waals surface area contributed by atoms with E-state index in [9.17, 15) is 9.59 Å². The lowest BCUT2D eigenvalue weighted by atomic mass is 10.7. The second kappa shape index (κ2) is 7.66. The summed E-state index contributed by atoms with van der Waals surface area (Å²) in [5.41, 5.74) is 4.88. The van der Waals surface area contributed by atoms with E-state index in [0.29, 0.717) is 0 Å². The van der Waals surface area contributed by atoms with Crippen LogP contribution in [0.5, 0.6) is 0 Å². The zero-order valence-corrected chi connectivity index (χ0v) is 7.56. The molecule has 0 aliphatic heterocycles. The Labute approximate surface area is 81.5 Å².